The molecule has 0 aliphatic heterocycles. The van der Waals surface area contributed by atoms with Crippen molar-refractivity contribution in [1.82, 2.24) is 10.1 Å². The third-order valence-corrected chi connectivity index (χ3v) is 2.88. The van der Waals surface area contributed by atoms with E-state index in [0.29, 0.717) is 11.8 Å². The van der Waals surface area contributed by atoms with Gasteiger partial charge in [0.05, 0.1) is 0 Å². The molecule has 1 aromatic heterocycles. The molecule has 2 rings (SSSR count). The lowest BCUT2D eigenvalue weighted by molar-refractivity contribution is 0.378. The normalized spacial score (nSPS) is 10.6. The lowest BCUT2D eigenvalue weighted by atomic mass is 10.1. The fourth-order valence-electron chi connectivity index (χ4n) is 1.58. The average Bonchev–Trinajstić information content (AvgIpc) is 2.86. The van der Waals surface area contributed by atoms with Crippen LogP contribution in [0.15, 0.2) is 28.8 Å². The lowest BCUT2D eigenvalue weighted by Gasteiger charge is -2.08. The largest absolute Gasteiger partial charge is 0.399 e. The number of nitrogen functional groups attached to an aromatic ring is 1. The quantitative estimate of drug-likeness (QED) is 0.816. The van der Waals surface area contributed by atoms with Crippen molar-refractivity contribution in [2.75, 3.05) is 24.2 Å². The number of benzene rings is 1. The van der Waals surface area contributed by atoms with Gasteiger partial charge in [0.2, 0.25) is 5.89 Å². The fourth-order valence-corrected chi connectivity index (χ4v) is 1.58. The van der Waals surface area contributed by atoms with Gasteiger partial charge in [0.15, 0.2) is 0 Å². The highest BCUT2D eigenvalue weighted by Crippen LogP contribution is 2.11. The van der Waals surface area contributed by atoms with Crippen LogP contribution in [0, 0.1) is 0 Å². The molecule has 2 aromatic rings. The van der Waals surface area contributed by atoms with Crippen LogP contribution in [0.2, 0.25) is 0 Å². The van der Waals surface area contributed by atoms with Crippen molar-refractivity contribution in [3.8, 4) is 0 Å². The smallest absolute Gasteiger partial charge is 0.265 e. The van der Waals surface area contributed by atoms with Crippen molar-refractivity contribution < 1.29 is 4.52 Å². The second-order valence-electron chi connectivity index (χ2n) is 4.24. The van der Waals surface area contributed by atoms with Gasteiger partial charge in [-0.15, -0.1) is 0 Å². The van der Waals surface area contributed by atoms with Crippen LogP contribution in [0.25, 0.3) is 0 Å². The van der Waals surface area contributed by atoms with Gasteiger partial charge in [0, 0.05) is 25.7 Å². The summed E-state index contributed by atoms with van der Waals surface area (Å²) in [5.74, 6) is 1.31. The summed E-state index contributed by atoms with van der Waals surface area (Å²) in [6.45, 7) is 2.90. The Kier molecular flexibility index (Phi) is 3.82. The summed E-state index contributed by atoms with van der Waals surface area (Å²) in [7, 11) is 1.94. The van der Waals surface area contributed by atoms with Gasteiger partial charge in [-0.1, -0.05) is 12.1 Å². The molecule has 0 aliphatic rings. The summed E-state index contributed by atoms with van der Waals surface area (Å²) < 4.78 is 5.21. The minimum absolute atomic E-state index is 0.643. The van der Waals surface area contributed by atoms with Gasteiger partial charge in [-0.3, -0.25) is 0 Å². The second-order valence-corrected chi connectivity index (χ2v) is 4.24. The molecular formula is C13H18N4O. The van der Waals surface area contributed by atoms with Crippen LogP contribution in [-0.2, 0) is 12.8 Å². The van der Waals surface area contributed by atoms with E-state index in [1.165, 1.54) is 5.56 Å². The van der Waals surface area contributed by atoms with E-state index < -0.39 is 0 Å². The van der Waals surface area contributed by atoms with Crippen LogP contribution < -0.4 is 10.6 Å². The number of nitrogens with two attached hydrogens (primary N) is 1. The highest BCUT2D eigenvalue weighted by atomic mass is 16.5. The van der Waals surface area contributed by atoms with Gasteiger partial charge >= 0.3 is 0 Å². The molecule has 0 saturated carbocycles. The maximum absolute atomic E-state index is 5.64. The van der Waals surface area contributed by atoms with Crippen LogP contribution in [0.4, 0.5) is 11.6 Å². The van der Waals surface area contributed by atoms with Crippen molar-refractivity contribution >= 4 is 11.6 Å². The topological polar surface area (TPSA) is 68.2 Å². The van der Waals surface area contributed by atoms with Crippen LogP contribution >= 0.6 is 0 Å². The third-order valence-electron chi connectivity index (χ3n) is 2.88. The zero-order valence-corrected chi connectivity index (χ0v) is 10.8. The highest BCUT2D eigenvalue weighted by Gasteiger charge is 2.09. The number of anilines is 2. The minimum Gasteiger partial charge on any atom is -0.399 e. The van der Waals surface area contributed by atoms with E-state index in [1.54, 1.807) is 0 Å². The molecule has 0 aliphatic carbocycles. The molecule has 0 amide bonds. The Morgan fingerprint density at radius 1 is 1.22 bits per heavy atom. The molecule has 5 nitrogen and oxygen atoms in total. The van der Waals surface area contributed by atoms with Crippen molar-refractivity contribution in [2.45, 2.75) is 19.8 Å². The van der Waals surface area contributed by atoms with E-state index in [9.17, 15) is 0 Å². The Hall–Kier alpha value is -2.04. The second kappa shape index (κ2) is 5.53. The fraction of sp³-hybridized carbons (Fsp3) is 0.385. The van der Waals surface area contributed by atoms with Crippen molar-refractivity contribution in [3.63, 3.8) is 0 Å². The first-order chi connectivity index (χ1) is 8.69. The summed E-state index contributed by atoms with van der Waals surface area (Å²) >= 11 is 0. The average molecular weight is 246 g/mol. The van der Waals surface area contributed by atoms with Gasteiger partial charge in [-0.2, -0.15) is 4.98 Å². The Labute approximate surface area is 107 Å². The van der Waals surface area contributed by atoms with E-state index in [2.05, 4.69) is 10.1 Å². The lowest BCUT2D eigenvalue weighted by Crippen LogP contribution is -2.17. The predicted octanol–water partition coefficient (Wildman–Crippen LogP) is 1.89. The molecule has 0 fully saturated rings. The Morgan fingerprint density at radius 3 is 2.61 bits per heavy atom. The number of hydrogen-bond donors (Lipinski definition) is 1. The minimum atomic E-state index is 0.643. The summed E-state index contributed by atoms with van der Waals surface area (Å²) in [6.07, 6.45) is 1.62. The van der Waals surface area contributed by atoms with E-state index >= 15 is 0 Å². The standard InChI is InChI=1S/C13H18N4O/c1-3-17(2)13-15-12(18-16-13)9-6-10-4-7-11(14)8-5-10/h4-5,7-8H,3,6,9,14H2,1-2H3. The van der Waals surface area contributed by atoms with Crippen LogP contribution in [0.5, 0.6) is 0 Å². The number of aryl methyl sites for hydroxylation is 2. The van der Waals surface area contributed by atoms with Gasteiger partial charge in [0.1, 0.15) is 0 Å². The van der Waals surface area contributed by atoms with Crippen LogP contribution in [0.3, 0.4) is 0 Å². The molecule has 0 saturated heterocycles. The first-order valence-electron chi connectivity index (χ1n) is 6.07. The van der Waals surface area contributed by atoms with Gasteiger partial charge in [-0.05, 0) is 36.2 Å². The van der Waals surface area contributed by atoms with E-state index in [-0.39, 0.29) is 0 Å². The molecule has 0 bridgehead atoms. The monoisotopic (exact) mass is 246 g/mol. The Morgan fingerprint density at radius 2 is 1.94 bits per heavy atom. The Balaban J connectivity index is 1.94. The zero-order chi connectivity index (χ0) is 13.0. The Bertz CT molecular complexity index is 492. The molecule has 5 heteroatoms. The maximum atomic E-state index is 5.64. The van der Waals surface area contributed by atoms with Gasteiger partial charge in [0.25, 0.3) is 5.95 Å². The number of aromatic nitrogens is 2. The van der Waals surface area contributed by atoms with Crippen molar-refractivity contribution in [2.24, 2.45) is 0 Å². The SMILES string of the molecule is CCN(C)c1noc(CCc2ccc(N)cc2)n1. The highest BCUT2D eigenvalue weighted by molar-refractivity contribution is 5.39. The number of hydrogen-bond acceptors (Lipinski definition) is 5. The molecule has 96 valence electrons. The predicted molar refractivity (Wildman–Crippen MR) is 71.5 cm³/mol. The first-order valence-corrected chi connectivity index (χ1v) is 6.07. The molecular weight excluding hydrogens is 228 g/mol. The summed E-state index contributed by atoms with van der Waals surface area (Å²) in [5, 5.41) is 3.93. The summed E-state index contributed by atoms with van der Waals surface area (Å²) in [6, 6.07) is 7.84. The van der Waals surface area contributed by atoms with Gasteiger partial charge in [-0.25, -0.2) is 0 Å². The van der Waals surface area contributed by atoms with Crippen LogP contribution in [0.1, 0.15) is 18.4 Å². The molecule has 1 heterocycles. The van der Waals surface area contributed by atoms with Crippen molar-refractivity contribution in [1.29, 1.82) is 0 Å². The molecule has 2 N–H and O–H groups in total. The molecule has 1 aromatic carbocycles. The molecule has 0 spiro atoms. The molecule has 18 heavy (non-hydrogen) atoms. The zero-order valence-electron chi connectivity index (χ0n) is 10.8. The van der Waals surface area contributed by atoms with Gasteiger partial charge < -0.3 is 15.2 Å². The number of rotatable bonds is 5. The molecule has 0 unspecified atom stereocenters. The third kappa shape index (κ3) is 3.00. The first kappa shape index (κ1) is 12.4. The number of nitrogens with zero attached hydrogens (tertiary/aromatic N) is 3. The van der Waals surface area contributed by atoms with E-state index in [0.717, 1.165) is 25.1 Å². The van der Waals surface area contributed by atoms with E-state index in [1.807, 2.05) is 43.1 Å². The summed E-state index contributed by atoms with van der Waals surface area (Å²) in [5.41, 5.74) is 7.64. The van der Waals surface area contributed by atoms with Crippen LogP contribution in [-0.4, -0.2) is 23.7 Å². The maximum Gasteiger partial charge on any atom is 0.265 e. The molecule has 0 atom stereocenters. The summed E-state index contributed by atoms with van der Waals surface area (Å²) in [4.78, 5) is 6.28. The van der Waals surface area contributed by atoms with Crippen molar-refractivity contribution in [3.05, 3.63) is 35.7 Å². The van der Waals surface area contributed by atoms with E-state index in [4.69, 9.17) is 10.3 Å². The molecule has 0 radical (unpaired) electrons.